The zero-order valence-corrected chi connectivity index (χ0v) is 18.3. The number of hydrogen-bond donors (Lipinski definition) is 2. The number of esters is 1. The second-order valence-corrected chi connectivity index (χ2v) is 7.54. The van der Waals surface area contributed by atoms with Crippen LogP contribution in [-0.2, 0) is 9.53 Å². The molecule has 0 saturated heterocycles. The average Bonchev–Trinajstić information content (AvgIpc) is 2.73. The molecule has 3 rings (SSSR count). The fourth-order valence-corrected chi connectivity index (χ4v) is 3.68. The van der Waals surface area contributed by atoms with Gasteiger partial charge in [-0.15, -0.1) is 0 Å². The Kier molecular flexibility index (Phi) is 6.86. The van der Waals surface area contributed by atoms with E-state index in [0.29, 0.717) is 5.56 Å². The first-order valence-corrected chi connectivity index (χ1v) is 10.2. The largest absolute Gasteiger partial charge is 0.860 e. The Morgan fingerprint density at radius 2 is 1.81 bits per heavy atom. The summed E-state index contributed by atoms with van der Waals surface area (Å²) in [6.45, 7) is 1.86. The van der Waals surface area contributed by atoms with E-state index in [4.69, 9.17) is 17.0 Å². The third kappa shape index (κ3) is 4.83. The number of nitrogens with one attached hydrogen (secondary N) is 2. The molecule has 0 bridgehead atoms. The summed E-state index contributed by atoms with van der Waals surface area (Å²) in [6.07, 6.45) is 3.47. The molecule has 0 amide bonds. The second-order valence-electron chi connectivity index (χ2n) is 7.13. The van der Waals surface area contributed by atoms with Crippen molar-refractivity contribution < 1.29 is 19.2 Å². The van der Waals surface area contributed by atoms with E-state index in [1.807, 2.05) is 37.2 Å². The molecular weight excluding hydrogens is 416 g/mol. The van der Waals surface area contributed by atoms with Gasteiger partial charge in [0.05, 0.1) is 12.5 Å². The highest BCUT2D eigenvalue weighted by Crippen LogP contribution is 2.34. The van der Waals surface area contributed by atoms with Crippen LogP contribution >= 0.6 is 12.2 Å². The Bertz CT molecular complexity index is 1160. The van der Waals surface area contributed by atoms with E-state index in [1.54, 1.807) is 48.1 Å². The van der Waals surface area contributed by atoms with Gasteiger partial charge in [0.25, 0.3) is 11.6 Å². The van der Waals surface area contributed by atoms with Crippen LogP contribution in [0, 0.1) is 4.77 Å². The smallest absolute Gasteiger partial charge is 0.376 e. The summed E-state index contributed by atoms with van der Waals surface area (Å²) in [5, 5.41) is 12.8. The van der Waals surface area contributed by atoms with E-state index in [1.165, 1.54) is 0 Å². The van der Waals surface area contributed by atoms with Gasteiger partial charge in [-0.1, -0.05) is 30.3 Å². The van der Waals surface area contributed by atoms with Crippen LogP contribution in [-0.4, -0.2) is 36.6 Å². The van der Waals surface area contributed by atoms with Gasteiger partial charge in [0, 0.05) is 37.5 Å². The molecule has 1 aromatic carbocycles. The first-order valence-electron chi connectivity index (χ1n) is 9.76. The van der Waals surface area contributed by atoms with Crippen LogP contribution in [0.4, 0.5) is 5.69 Å². The van der Waals surface area contributed by atoms with Gasteiger partial charge >= 0.3 is 5.97 Å². The molecule has 2 N–H and O–H groups in total. The maximum atomic E-state index is 13.1. The maximum absolute atomic E-state index is 13.1. The monoisotopic (exact) mass is 440 g/mol. The number of carbonyl (C=O) groups is 1. The van der Waals surface area contributed by atoms with Crippen molar-refractivity contribution >= 4 is 23.9 Å². The predicted octanol–water partition coefficient (Wildman–Crippen LogP) is 1.80. The molecule has 0 aliphatic heterocycles. The minimum Gasteiger partial charge on any atom is -0.860 e. The Morgan fingerprint density at radius 3 is 2.35 bits per heavy atom. The van der Waals surface area contributed by atoms with Crippen molar-refractivity contribution in [1.82, 2.24) is 9.97 Å². The third-order valence-electron chi connectivity index (χ3n) is 4.93. The lowest BCUT2D eigenvalue weighted by Crippen LogP contribution is -2.49. The number of ether oxygens (including phenoxy) is 1. The summed E-state index contributed by atoms with van der Waals surface area (Å²) in [6, 6.07) is 11.6. The van der Waals surface area contributed by atoms with Gasteiger partial charge in [-0.05, 0) is 30.6 Å². The lowest BCUT2D eigenvalue weighted by atomic mass is 9.85. The molecule has 0 saturated carbocycles. The quantitative estimate of drug-likeness (QED) is 0.330. The number of benzene rings is 1. The molecule has 31 heavy (non-hydrogen) atoms. The average molecular weight is 441 g/mol. The van der Waals surface area contributed by atoms with Crippen molar-refractivity contribution in [3.8, 4) is 5.88 Å². The molecule has 162 valence electrons. The number of aromatic nitrogens is 3. The number of pyridine rings is 1. The summed E-state index contributed by atoms with van der Waals surface area (Å²) in [7, 11) is 3.81. The fourth-order valence-electron chi connectivity index (χ4n) is 3.50. The Hall–Kier alpha value is -3.46. The van der Waals surface area contributed by atoms with Gasteiger partial charge in [0.15, 0.2) is 17.2 Å². The topological polar surface area (TPSA) is 105 Å². The van der Waals surface area contributed by atoms with E-state index in [-0.39, 0.29) is 16.9 Å². The summed E-state index contributed by atoms with van der Waals surface area (Å²) in [4.78, 5) is 32.8. The number of aromatic amines is 2. The molecule has 0 aliphatic rings. The third-order valence-corrected chi connectivity index (χ3v) is 5.13. The minimum atomic E-state index is -0.989. The lowest BCUT2D eigenvalue weighted by Gasteiger charge is -2.25. The number of carbonyl (C=O) groups excluding carboxylic acids is 1. The second kappa shape index (κ2) is 9.57. The molecule has 2 aromatic heterocycles. The van der Waals surface area contributed by atoms with E-state index in [2.05, 4.69) is 9.97 Å². The van der Waals surface area contributed by atoms with Crippen LogP contribution in [0.25, 0.3) is 0 Å². The zero-order valence-electron chi connectivity index (χ0n) is 17.5. The van der Waals surface area contributed by atoms with Crippen LogP contribution in [0.5, 0.6) is 5.88 Å². The normalized spacial score (nSPS) is 12.7. The van der Waals surface area contributed by atoms with Crippen molar-refractivity contribution in [1.29, 1.82) is 0 Å². The van der Waals surface area contributed by atoms with Gasteiger partial charge in [-0.25, -0.2) is 4.79 Å². The van der Waals surface area contributed by atoms with E-state index in [0.717, 1.165) is 5.69 Å². The predicted molar refractivity (Wildman–Crippen MR) is 117 cm³/mol. The van der Waals surface area contributed by atoms with Crippen LogP contribution in [0.15, 0.2) is 59.7 Å². The van der Waals surface area contributed by atoms with Crippen LogP contribution in [0.3, 0.4) is 0 Å². The molecule has 0 fully saturated rings. The summed E-state index contributed by atoms with van der Waals surface area (Å²) >= 11 is 4.93. The minimum absolute atomic E-state index is 0.0683. The van der Waals surface area contributed by atoms with Crippen molar-refractivity contribution in [3.63, 3.8) is 0 Å². The highest BCUT2D eigenvalue weighted by molar-refractivity contribution is 7.71. The Balaban J connectivity index is 2.27. The number of nitrogens with zero attached hydrogens (tertiary/aromatic N) is 2. The summed E-state index contributed by atoms with van der Waals surface area (Å²) in [5.41, 5.74) is 0.809. The number of H-pyrrole nitrogens is 2. The van der Waals surface area contributed by atoms with Crippen molar-refractivity contribution in [3.05, 3.63) is 81.1 Å². The summed E-state index contributed by atoms with van der Waals surface area (Å²) < 4.78 is 6.94. The van der Waals surface area contributed by atoms with Crippen molar-refractivity contribution in [2.75, 3.05) is 25.6 Å². The van der Waals surface area contributed by atoms with Crippen LogP contribution in [0.2, 0.25) is 0 Å². The van der Waals surface area contributed by atoms with Gasteiger partial charge in [0.1, 0.15) is 0 Å². The van der Waals surface area contributed by atoms with Gasteiger partial charge < -0.3 is 19.7 Å². The highest BCUT2D eigenvalue weighted by Gasteiger charge is 2.41. The fraction of sp³-hybridized carbons (Fsp3) is 0.273. The van der Waals surface area contributed by atoms with Crippen molar-refractivity contribution in [2.24, 2.45) is 0 Å². The van der Waals surface area contributed by atoms with E-state index in [9.17, 15) is 14.7 Å². The van der Waals surface area contributed by atoms with E-state index < -0.39 is 29.4 Å². The molecule has 2 unspecified atom stereocenters. The number of rotatable bonds is 7. The lowest BCUT2D eigenvalue weighted by molar-refractivity contribution is -0.712. The molecule has 2 heterocycles. The SMILES string of the molecule is CCOC(=O)C(C(c1ccccc1)c1c([O-])[nH]c(=S)[nH]c1=O)[n+]1ccc(N(C)C)cc1. The zero-order chi connectivity index (χ0) is 22.5. The number of hydrogen-bond acceptors (Lipinski definition) is 6. The first kappa shape index (κ1) is 22.2. The molecule has 0 radical (unpaired) electrons. The molecule has 2 atom stereocenters. The molecule has 0 spiro atoms. The Labute approximate surface area is 184 Å². The highest BCUT2D eigenvalue weighted by atomic mass is 32.1. The van der Waals surface area contributed by atoms with Gasteiger partial charge in [-0.3, -0.25) is 9.78 Å². The maximum Gasteiger partial charge on any atom is 0.376 e. The molecular formula is C22H24N4O4S. The first-order chi connectivity index (χ1) is 14.8. The molecule has 8 nitrogen and oxygen atoms in total. The molecule has 3 aromatic rings. The van der Waals surface area contributed by atoms with Gasteiger partial charge in [0.2, 0.25) is 0 Å². The number of anilines is 1. The standard InChI is InChI=1S/C22H24N4O4S/c1-4-30-21(29)18(26-12-10-15(11-13-26)25(2)3)16(14-8-6-5-7-9-14)17-19(27)23-22(31)24-20(17)28/h5-13,16,18H,4H2,1-3H3,(H2-,23,24,27,28,31). The van der Waals surface area contributed by atoms with Gasteiger partial charge in [-0.2, -0.15) is 4.57 Å². The van der Waals surface area contributed by atoms with Crippen molar-refractivity contribution in [2.45, 2.75) is 18.9 Å². The molecule has 0 aliphatic carbocycles. The molecule has 9 heteroatoms. The van der Waals surface area contributed by atoms with Crippen LogP contribution in [0.1, 0.15) is 30.0 Å². The Morgan fingerprint density at radius 1 is 1.16 bits per heavy atom. The summed E-state index contributed by atoms with van der Waals surface area (Å²) in [5.74, 6) is -2.10. The van der Waals surface area contributed by atoms with E-state index >= 15 is 0 Å². The van der Waals surface area contributed by atoms with Crippen LogP contribution < -0.4 is 20.1 Å².